The Morgan fingerprint density at radius 1 is 1.52 bits per heavy atom. The van der Waals surface area contributed by atoms with Crippen LogP contribution in [0.25, 0.3) is 0 Å². The van der Waals surface area contributed by atoms with Crippen LogP contribution in [0.3, 0.4) is 0 Å². The molecule has 0 aliphatic carbocycles. The summed E-state index contributed by atoms with van der Waals surface area (Å²) in [6.45, 7) is 3.80. The molecular weight excluding hydrogens is 284 g/mol. The molecule has 0 saturated carbocycles. The molecule has 1 aliphatic rings. The minimum atomic E-state index is 0.0867. The molecule has 2 aromatic rings. The number of imidazole rings is 1. The Labute approximate surface area is 128 Å². The number of aromatic nitrogens is 3. The van der Waals surface area contributed by atoms with Gasteiger partial charge in [0.2, 0.25) is 0 Å². The molecule has 6 heteroatoms. The van der Waals surface area contributed by atoms with E-state index in [9.17, 15) is 4.79 Å². The highest BCUT2D eigenvalue weighted by Crippen LogP contribution is 2.21. The van der Waals surface area contributed by atoms with Gasteiger partial charge in [-0.1, -0.05) is 6.92 Å². The topological polar surface area (TPSA) is 51.0 Å². The highest BCUT2D eigenvalue weighted by molar-refractivity contribution is 7.13. The summed E-state index contributed by atoms with van der Waals surface area (Å²) < 4.78 is 2.20. The number of thiazole rings is 1. The van der Waals surface area contributed by atoms with E-state index in [4.69, 9.17) is 0 Å². The van der Waals surface area contributed by atoms with E-state index in [-0.39, 0.29) is 5.91 Å². The van der Waals surface area contributed by atoms with Crippen molar-refractivity contribution in [3.05, 3.63) is 34.3 Å². The number of fused-ring (bicyclic) bond motifs is 1. The number of hydrogen-bond donors (Lipinski definition) is 0. The van der Waals surface area contributed by atoms with Gasteiger partial charge in [-0.15, -0.1) is 11.3 Å². The molecule has 3 rings (SSSR count). The molecule has 21 heavy (non-hydrogen) atoms. The molecular formula is C15H20N4OS. The first-order valence-electron chi connectivity index (χ1n) is 7.37. The molecule has 0 N–H and O–H groups in total. The highest BCUT2D eigenvalue weighted by Gasteiger charge is 2.23. The van der Waals surface area contributed by atoms with Crippen molar-refractivity contribution in [1.82, 2.24) is 19.4 Å². The van der Waals surface area contributed by atoms with Crippen molar-refractivity contribution in [3.8, 4) is 0 Å². The molecule has 3 heterocycles. The van der Waals surface area contributed by atoms with Crippen LogP contribution in [0.1, 0.15) is 33.8 Å². The number of hydrogen-bond acceptors (Lipinski definition) is 4. The van der Waals surface area contributed by atoms with E-state index < -0.39 is 0 Å². The largest absolute Gasteiger partial charge is 0.341 e. The number of carbonyl (C=O) groups excluding carboxylic acids is 1. The van der Waals surface area contributed by atoms with Crippen molar-refractivity contribution in [3.63, 3.8) is 0 Å². The molecule has 0 bridgehead atoms. The fourth-order valence-corrected chi connectivity index (χ4v) is 3.67. The van der Waals surface area contributed by atoms with Gasteiger partial charge in [-0.05, 0) is 18.8 Å². The second-order valence-corrected chi connectivity index (χ2v) is 6.67. The zero-order valence-corrected chi connectivity index (χ0v) is 13.3. The van der Waals surface area contributed by atoms with Crippen LogP contribution in [0, 0.1) is 5.92 Å². The average molecular weight is 304 g/mol. The summed E-state index contributed by atoms with van der Waals surface area (Å²) in [5.74, 6) is 1.75. The lowest BCUT2D eigenvalue weighted by atomic mass is 9.99. The molecule has 0 aromatic carbocycles. The molecule has 1 unspecified atom stereocenters. The zero-order valence-electron chi connectivity index (χ0n) is 12.5. The minimum absolute atomic E-state index is 0.0867. The van der Waals surface area contributed by atoms with Gasteiger partial charge in [-0.25, -0.2) is 9.97 Å². The molecule has 0 saturated heterocycles. The van der Waals surface area contributed by atoms with Crippen LogP contribution in [0.15, 0.2) is 18.6 Å². The SMILES string of the molecule is CCc1ncc(C(=O)N(C)CC2CCc3nccn3C2)s1. The Hall–Kier alpha value is -1.69. The third-order valence-electron chi connectivity index (χ3n) is 3.98. The van der Waals surface area contributed by atoms with E-state index in [2.05, 4.69) is 21.5 Å². The average Bonchev–Trinajstić information content (AvgIpc) is 3.14. The van der Waals surface area contributed by atoms with E-state index in [1.54, 1.807) is 6.20 Å². The van der Waals surface area contributed by atoms with Crippen LogP contribution in [0.5, 0.6) is 0 Å². The van der Waals surface area contributed by atoms with Gasteiger partial charge >= 0.3 is 0 Å². The summed E-state index contributed by atoms with van der Waals surface area (Å²) in [5, 5.41) is 1.02. The Morgan fingerprint density at radius 2 is 2.38 bits per heavy atom. The maximum absolute atomic E-state index is 12.4. The zero-order chi connectivity index (χ0) is 14.8. The Bertz CT molecular complexity index is 633. The van der Waals surface area contributed by atoms with Gasteiger partial charge in [-0.3, -0.25) is 4.79 Å². The number of amides is 1. The van der Waals surface area contributed by atoms with Crippen LogP contribution >= 0.6 is 11.3 Å². The van der Waals surface area contributed by atoms with Crippen LogP contribution in [-0.4, -0.2) is 38.9 Å². The predicted molar refractivity (Wildman–Crippen MR) is 82.5 cm³/mol. The maximum Gasteiger partial charge on any atom is 0.265 e. The van der Waals surface area contributed by atoms with Gasteiger partial charge in [0.05, 0.1) is 11.2 Å². The van der Waals surface area contributed by atoms with E-state index in [1.165, 1.54) is 11.3 Å². The van der Waals surface area contributed by atoms with Crippen LogP contribution in [0.2, 0.25) is 0 Å². The first-order valence-corrected chi connectivity index (χ1v) is 8.19. The summed E-state index contributed by atoms with van der Waals surface area (Å²) in [6, 6.07) is 0. The van der Waals surface area contributed by atoms with Gasteiger partial charge in [0, 0.05) is 39.0 Å². The van der Waals surface area contributed by atoms with Gasteiger partial charge in [0.15, 0.2) is 0 Å². The second kappa shape index (κ2) is 5.97. The summed E-state index contributed by atoms with van der Waals surface area (Å²) in [5.41, 5.74) is 0. The minimum Gasteiger partial charge on any atom is -0.341 e. The lowest BCUT2D eigenvalue weighted by Gasteiger charge is -2.27. The molecule has 1 amide bonds. The number of rotatable bonds is 4. The van der Waals surface area contributed by atoms with Crippen LogP contribution < -0.4 is 0 Å². The molecule has 5 nitrogen and oxygen atoms in total. The Morgan fingerprint density at radius 3 is 3.14 bits per heavy atom. The molecule has 0 fully saturated rings. The summed E-state index contributed by atoms with van der Waals surface area (Å²) in [7, 11) is 1.89. The van der Waals surface area contributed by atoms with E-state index >= 15 is 0 Å². The predicted octanol–water partition coefficient (Wildman–Crippen LogP) is 2.24. The molecule has 0 radical (unpaired) electrons. The van der Waals surface area contributed by atoms with Crippen molar-refractivity contribution in [2.45, 2.75) is 32.7 Å². The lowest BCUT2D eigenvalue weighted by Crippen LogP contribution is -2.35. The highest BCUT2D eigenvalue weighted by atomic mass is 32.1. The molecule has 0 spiro atoms. The molecule has 112 valence electrons. The maximum atomic E-state index is 12.4. The van der Waals surface area contributed by atoms with Crippen molar-refractivity contribution in [2.24, 2.45) is 5.92 Å². The van der Waals surface area contributed by atoms with Gasteiger partial charge in [-0.2, -0.15) is 0 Å². The van der Waals surface area contributed by atoms with E-state index in [1.807, 2.05) is 24.3 Å². The number of carbonyl (C=O) groups is 1. The second-order valence-electron chi connectivity index (χ2n) is 5.56. The normalized spacial score (nSPS) is 17.5. The first kappa shape index (κ1) is 14.3. The Kier molecular flexibility index (Phi) is 4.05. The third-order valence-corrected chi connectivity index (χ3v) is 5.11. The van der Waals surface area contributed by atoms with Gasteiger partial charge in [0.1, 0.15) is 10.7 Å². The van der Waals surface area contributed by atoms with Gasteiger partial charge < -0.3 is 9.47 Å². The third kappa shape index (κ3) is 3.00. The van der Waals surface area contributed by atoms with Crippen LogP contribution in [-0.2, 0) is 19.4 Å². The quantitative estimate of drug-likeness (QED) is 0.870. The van der Waals surface area contributed by atoms with Crippen molar-refractivity contribution < 1.29 is 4.79 Å². The standard InChI is InChI=1S/C15H20N4OS/c1-3-14-17-8-12(21-14)15(20)18(2)9-11-4-5-13-16-6-7-19(13)10-11/h6-8,11H,3-5,9-10H2,1-2H3. The number of nitrogens with zero attached hydrogens (tertiary/aromatic N) is 4. The number of aryl methyl sites for hydroxylation is 2. The monoisotopic (exact) mass is 304 g/mol. The van der Waals surface area contributed by atoms with E-state index in [0.717, 1.165) is 48.1 Å². The lowest BCUT2D eigenvalue weighted by molar-refractivity contribution is 0.0765. The Balaban J connectivity index is 1.61. The molecule has 1 atom stereocenters. The fourth-order valence-electron chi connectivity index (χ4n) is 2.82. The van der Waals surface area contributed by atoms with E-state index in [0.29, 0.717) is 5.92 Å². The summed E-state index contributed by atoms with van der Waals surface area (Å²) >= 11 is 1.50. The molecule has 1 aliphatic heterocycles. The van der Waals surface area contributed by atoms with Crippen molar-refractivity contribution >= 4 is 17.2 Å². The van der Waals surface area contributed by atoms with Crippen LogP contribution in [0.4, 0.5) is 0 Å². The molecule has 2 aromatic heterocycles. The van der Waals surface area contributed by atoms with Gasteiger partial charge in [0.25, 0.3) is 5.91 Å². The first-order chi connectivity index (χ1) is 10.2. The van der Waals surface area contributed by atoms with Crippen molar-refractivity contribution in [2.75, 3.05) is 13.6 Å². The summed E-state index contributed by atoms with van der Waals surface area (Å²) in [6.07, 6.45) is 8.57. The van der Waals surface area contributed by atoms with Crippen molar-refractivity contribution in [1.29, 1.82) is 0 Å². The smallest absolute Gasteiger partial charge is 0.265 e. The fraction of sp³-hybridized carbons (Fsp3) is 0.533. The summed E-state index contributed by atoms with van der Waals surface area (Å²) in [4.78, 5) is 23.6.